The molecule has 0 radical (unpaired) electrons. The van der Waals surface area contributed by atoms with Gasteiger partial charge in [-0.25, -0.2) is 0 Å². The number of hydrogen-bond acceptors (Lipinski definition) is 4. The molecule has 0 bridgehead atoms. The van der Waals surface area contributed by atoms with Crippen LogP contribution in [0.5, 0.6) is 0 Å². The number of anilines is 1. The third kappa shape index (κ3) is 2.74. The van der Waals surface area contributed by atoms with E-state index in [1.54, 1.807) is 24.4 Å². The van der Waals surface area contributed by atoms with Crippen molar-refractivity contribution in [3.05, 3.63) is 53.1 Å². The second-order valence-corrected chi connectivity index (χ2v) is 5.26. The van der Waals surface area contributed by atoms with E-state index in [0.717, 1.165) is 5.56 Å². The number of carbonyl (C=O) groups is 1. The Hall–Kier alpha value is -1.94. The zero-order valence-electron chi connectivity index (χ0n) is 10.7. The third-order valence-corrected chi connectivity index (χ3v) is 3.22. The van der Waals surface area contributed by atoms with Crippen molar-refractivity contribution in [2.24, 2.45) is 0 Å². The van der Waals surface area contributed by atoms with Crippen LogP contribution >= 0.6 is 11.6 Å². The number of ketones is 1. The van der Waals surface area contributed by atoms with Crippen LogP contribution in [-0.2, 0) is 5.41 Å². The smallest absolute Gasteiger partial charge is 0.191 e. The molecule has 0 aromatic carbocycles. The number of rotatable bonds is 3. The van der Waals surface area contributed by atoms with E-state index in [1.165, 1.54) is 12.4 Å². The number of Topliss-reactive ketones (excluding diaryl/α,β-unsaturated/α-hetero) is 1. The number of nitrogens with zero attached hydrogens (tertiary/aromatic N) is 2. The highest BCUT2D eigenvalue weighted by Gasteiger charge is 2.32. The first-order valence-corrected chi connectivity index (χ1v) is 6.16. The molecule has 0 amide bonds. The Morgan fingerprint density at radius 3 is 2.58 bits per heavy atom. The summed E-state index contributed by atoms with van der Waals surface area (Å²) >= 11 is 5.92. The highest BCUT2D eigenvalue weighted by Crippen LogP contribution is 2.28. The summed E-state index contributed by atoms with van der Waals surface area (Å²) in [7, 11) is 0. The molecule has 98 valence electrons. The van der Waals surface area contributed by atoms with Crippen molar-refractivity contribution in [3.8, 4) is 0 Å². The fourth-order valence-electron chi connectivity index (χ4n) is 1.74. The molecule has 19 heavy (non-hydrogen) atoms. The predicted octanol–water partition coefficient (Wildman–Crippen LogP) is 2.87. The van der Waals surface area contributed by atoms with Gasteiger partial charge in [0.1, 0.15) is 5.69 Å². The van der Waals surface area contributed by atoms with Crippen molar-refractivity contribution in [2.75, 3.05) is 5.73 Å². The maximum Gasteiger partial charge on any atom is 0.191 e. The zero-order valence-corrected chi connectivity index (χ0v) is 11.5. The van der Waals surface area contributed by atoms with Gasteiger partial charge in [-0.3, -0.25) is 14.8 Å². The van der Waals surface area contributed by atoms with E-state index in [4.69, 9.17) is 17.3 Å². The molecule has 0 fully saturated rings. The van der Waals surface area contributed by atoms with Crippen molar-refractivity contribution in [3.63, 3.8) is 0 Å². The maximum atomic E-state index is 12.5. The second-order valence-electron chi connectivity index (χ2n) is 4.82. The summed E-state index contributed by atoms with van der Waals surface area (Å²) in [6.45, 7) is 3.64. The highest BCUT2D eigenvalue weighted by atomic mass is 35.5. The summed E-state index contributed by atoms with van der Waals surface area (Å²) in [4.78, 5) is 20.6. The Morgan fingerprint density at radius 1 is 1.26 bits per heavy atom. The first-order chi connectivity index (χ1) is 8.91. The molecule has 2 N–H and O–H groups in total. The van der Waals surface area contributed by atoms with Gasteiger partial charge in [-0.05, 0) is 37.6 Å². The van der Waals surface area contributed by atoms with Gasteiger partial charge >= 0.3 is 0 Å². The third-order valence-electron chi connectivity index (χ3n) is 3.01. The van der Waals surface area contributed by atoms with E-state index in [-0.39, 0.29) is 5.78 Å². The molecule has 0 aliphatic heterocycles. The van der Waals surface area contributed by atoms with Gasteiger partial charge in [-0.2, -0.15) is 0 Å². The molecule has 0 unspecified atom stereocenters. The largest absolute Gasteiger partial charge is 0.397 e. The van der Waals surface area contributed by atoms with Gasteiger partial charge in [0, 0.05) is 12.4 Å². The molecule has 2 aromatic rings. The fourth-order valence-corrected chi connectivity index (χ4v) is 1.92. The molecule has 0 saturated heterocycles. The Morgan fingerprint density at radius 2 is 2.00 bits per heavy atom. The number of aromatic nitrogens is 2. The van der Waals surface area contributed by atoms with Gasteiger partial charge in [-0.15, -0.1) is 0 Å². The summed E-state index contributed by atoms with van der Waals surface area (Å²) < 4.78 is 0. The number of halogens is 1. The molecule has 0 aliphatic rings. The minimum absolute atomic E-state index is 0.100. The number of hydrogen-bond donors (Lipinski definition) is 1. The molecule has 2 heterocycles. The summed E-state index contributed by atoms with van der Waals surface area (Å²) in [5.74, 6) is -0.100. The van der Waals surface area contributed by atoms with Crippen LogP contribution in [-0.4, -0.2) is 15.8 Å². The Labute approximate surface area is 116 Å². The molecule has 0 atom stereocenters. The molecule has 4 nitrogen and oxygen atoms in total. The first-order valence-electron chi connectivity index (χ1n) is 5.78. The van der Waals surface area contributed by atoms with Crippen molar-refractivity contribution >= 4 is 23.1 Å². The van der Waals surface area contributed by atoms with Gasteiger partial charge in [0.05, 0.1) is 22.3 Å². The number of nitrogen functional groups attached to an aromatic ring is 1. The maximum absolute atomic E-state index is 12.5. The van der Waals surface area contributed by atoms with Crippen LogP contribution in [0.3, 0.4) is 0 Å². The Kier molecular flexibility index (Phi) is 3.53. The summed E-state index contributed by atoms with van der Waals surface area (Å²) in [5, 5.41) is 0.503. The lowest BCUT2D eigenvalue weighted by atomic mass is 9.80. The van der Waals surface area contributed by atoms with Crippen LogP contribution in [0.1, 0.15) is 29.9 Å². The summed E-state index contributed by atoms with van der Waals surface area (Å²) in [5.41, 5.74) is 6.47. The Bertz CT molecular complexity index is 608. The predicted molar refractivity (Wildman–Crippen MR) is 75.3 cm³/mol. The van der Waals surface area contributed by atoms with Gasteiger partial charge < -0.3 is 5.73 Å². The van der Waals surface area contributed by atoms with Crippen LogP contribution in [0, 0.1) is 0 Å². The van der Waals surface area contributed by atoms with Crippen molar-refractivity contribution < 1.29 is 4.79 Å². The van der Waals surface area contributed by atoms with Crippen molar-refractivity contribution in [1.29, 1.82) is 0 Å². The topological polar surface area (TPSA) is 68.9 Å². The molecule has 0 spiro atoms. The van der Waals surface area contributed by atoms with E-state index in [2.05, 4.69) is 9.97 Å². The van der Waals surface area contributed by atoms with Gasteiger partial charge in [0.2, 0.25) is 0 Å². The quantitative estimate of drug-likeness (QED) is 0.875. The number of nitrogens with two attached hydrogens (primary N) is 1. The lowest BCUT2D eigenvalue weighted by Crippen LogP contribution is -2.30. The van der Waals surface area contributed by atoms with E-state index in [1.807, 2.05) is 13.8 Å². The summed E-state index contributed by atoms with van der Waals surface area (Å²) in [6.07, 6.45) is 4.65. The molecule has 0 aliphatic carbocycles. The molecule has 2 rings (SSSR count). The molecular formula is C14H14ClN3O. The van der Waals surface area contributed by atoms with Crippen molar-refractivity contribution in [1.82, 2.24) is 9.97 Å². The molecule has 5 heteroatoms. The van der Waals surface area contributed by atoms with E-state index >= 15 is 0 Å². The van der Waals surface area contributed by atoms with Gasteiger partial charge in [-0.1, -0.05) is 11.6 Å². The SMILES string of the molecule is CC(C)(C(=O)c1ccc(N)cn1)c1cncc(Cl)c1. The standard InChI is InChI=1S/C14H14ClN3O/c1-14(2,9-5-10(15)7-17-6-9)13(19)12-4-3-11(16)8-18-12/h3-8H,16H2,1-2H3. The minimum atomic E-state index is -0.749. The van der Waals surface area contributed by atoms with E-state index < -0.39 is 5.41 Å². The van der Waals surface area contributed by atoms with Crippen molar-refractivity contribution in [2.45, 2.75) is 19.3 Å². The van der Waals surface area contributed by atoms with Crippen LogP contribution in [0.2, 0.25) is 5.02 Å². The average Bonchev–Trinajstić information content (AvgIpc) is 2.39. The van der Waals surface area contributed by atoms with Crippen LogP contribution in [0.4, 0.5) is 5.69 Å². The normalized spacial score (nSPS) is 11.3. The van der Waals surface area contributed by atoms with Gasteiger partial charge in [0.25, 0.3) is 0 Å². The number of pyridine rings is 2. The first kappa shape index (κ1) is 13.5. The van der Waals surface area contributed by atoms with Crippen LogP contribution in [0.25, 0.3) is 0 Å². The fraction of sp³-hybridized carbons (Fsp3) is 0.214. The Balaban J connectivity index is 2.38. The zero-order chi connectivity index (χ0) is 14.0. The second kappa shape index (κ2) is 4.97. The van der Waals surface area contributed by atoms with E-state index in [9.17, 15) is 4.79 Å². The highest BCUT2D eigenvalue weighted by molar-refractivity contribution is 6.30. The molecule has 0 saturated carbocycles. The average molecular weight is 276 g/mol. The lowest BCUT2D eigenvalue weighted by molar-refractivity contribution is 0.0903. The molecular weight excluding hydrogens is 262 g/mol. The van der Waals surface area contributed by atoms with Crippen LogP contribution in [0.15, 0.2) is 36.8 Å². The monoisotopic (exact) mass is 275 g/mol. The minimum Gasteiger partial charge on any atom is -0.397 e. The summed E-state index contributed by atoms with van der Waals surface area (Å²) in [6, 6.07) is 5.02. The van der Waals surface area contributed by atoms with E-state index in [0.29, 0.717) is 16.4 Å². The van der Waals surface area contributed by atoms with Crippen LogP contribution < -0.4 is 5.73 Å². The van der Waals surface area contributed by atoms with Gasteiger partial charge in [0.15, 0.2) is 5.78 Å². The lowest BCUT2D eigenvalue weighted by Gasteiger charge is -2.23. The number of carbonyl (C=O) groups excluding carboxylic acids is 1. The molecule has 2 aromatic heterocycles.